The van der Waals surface area contributed by atoms with Crippen molar-refractivity contribution >= 4 is 17.3 Å². The van der Waals surface area contributed by atoms with Crippen molar-refractivity contribution in [3.63, 3.8) is 0 Å². The van der Waals surface area contributed by atoms with Gasteiger partial charge in [-0.3, -0.25) is 0 Å². The average Bonchev–Trinajstić information content (AvgIpc) is 2.76. The summed E-state index contributed by atoms with van der Waals surface area (Å²) >= 11 is 1.18. The molecular weight excluding hydrogens is 222 g/mol. The van der Waals surface area contributed by atoms with Crippen LogP contribution in [0.4, 0.5) is 0 Å². The fourth-order valence-electron chi connectivity index (χ4n) is 1.53. The standard InChI is InChI=1S/C12H11NO2S/c14-12(15)11-10(13-8-16-11)7-6-9-4-2-1-3-5-9/h1-5,8H,6-7H2,(H,14,15). The van der Waals surface area contributed by atoms with Gasteiger partial charge in [0.15, 0.2) is 0 Å². The summed E-state index contributed by atoms with van der Waals surface area (Å²) in [6.07, 6.45) is 1.50. The highest BCUT2D eigenvalue weighted by molar-refractivity contribution is 7.11. The summed E-state index contributed by atoms with van der Waals surface area (Å²) in [5.41, 5.74) is 3.47. The summed E-state index contributed by atoms with van der Waals surface area (Å²) in [5, 5.41) is 8.92. The highest BCUT2D eigenvalue weighted by atomic mass is 32.1. The molecule has 0 unspecified atom stereocenters. The predicted octanol–water partition coefficient (Wildman–Crippen LogP) is 2.63. The topological polar surface area (TPSA) is 50.2 Å². The van der Waals surface area contributed by atoms with Crippen LogP contribution in [-0.2, 0) is 12.8 Å². The van der Waals surface area contributed by atoms with Gasteiger partial charge >= 0.3 is 5.97 Å². The third kappa shape index (κ3) is 2.46. The Hall–Kier alpha value is -1.68. The molecule has 0 saturated carbocycles. The number of benzene rings is 1. The van der Waals surface area contributed by atoms with Gasteiger partial charge in [-0.15, -0.1) is 11.3 Å². The second kappa shape index (κ2) is 4.90. The minimum absolute atomic E-state index is 0.357. The maximum atomic E-state index is 10.9. The molecule has 0 fully saturated rings. The molecule has 0 spiro atoms. The number of hydrogen-bond acceptors (Lipinski definition) is 3. The molecule has 1 heterocycles. The van der Waals surface area contributed by atoms with E-state index in [9.17, 15) is 4.79 Å². The monoisotopic (exact) mass is 233 g/mol. The van der Waals surface area contributed by atoms with E-state index in [0.29, 0.717) is 17.0 Å². The highest BCUT2D eigenvalue weighted by Crippen LogP contribution is 2.15. The van der Waals surface area contributed by atoms with Gasteiger partial charge in [0.25, 0.3) is 0 Å². The van der Waals surface area contributed by atoms with Crippen molar-refractivity contribution in [3.8, 4) is 0 Å². The maximum Gasteiger partial charge on any atom is 0.347 e. The molecule has 0 bridgehead atoms. The van der Waals surface area contributed by atoms with Crippen LogP contribution in [0.5, 0.6) is 0 Å². The zero-order valence-corrected chi connectivity index (χ0v) is 9.41. The summed E-state index contributed by atoms with van der Waals surface area (Å²) in [6.45, 7) is 0. The Balaban J connectivity index is 2.05. The molecule has 2 rings (SSSR count). The molecule has 0 saturated heterocycles. The molecule has 16 heavy (non-hydrogen) atoms. The van der Waals surface area contributed by atoms with Crippen LogP contribution < -0.4 is 0 Å². The fraction of sp³-hybridized carbons (Fsp3) is 0.167. The number of aromatic carboxylic acids is 1. The Morgan fingerprint density at radius 2 is 2.00 bits per heavy atom. The lowest BCUT2D eigenvalue weighted by atomic mass is 10.1. The van der Waals surface area contributed by atoms with E-state index in [1.807, 2.05) is 30.3 Å². The van der Waals surface area contributed by atoms with E-state index < -0.39 is 5.97 Å². The molecule has 0 aliphatic rings. The summed E-state index contributed by atoms with van der Waals surface area (Å²) in [6, 6.07) is 10.00. The van der Waals surface area contributed by atoms with E-state index in [4.69, 9.17) is 5.11 Å². The smallest absolute Gasteiger partial charge is 0.347 e. The molecule has 1 aromatic carbocycles. The van der Waals surface area contributed by atoms with E-state index >= 15 is 0 Å². The van der Waals surface area contributed by atoms with Crippen LogP contribution in [0, 0.1) is 0 Å². The SMILES string of the molecule is O=C(O)c1scnc1CCc1ccccc1. The average molecular weight is 233 g/mol. The van der Waals surface area contributed by atoms with E-state index in [0.717, 1.165) is 6.42 Å². The Labute approximate surface area is 97.4 Å². The molecular formula is C12H11NO2S. The number of nitrogens with zero attached hydrogens (tertiary/aromatic N) is 1. The lowest BCUT2D eigenvalue weighted by Crippen LogP contribution is -2.00. The van der Waals surface area contributed by atoms with Gasteiger partial charge in [0.2, 0.25) is 0 Å². The lowest BCUT2D eigenvalue weighted by Gasteiger charge is -1.99. The molecule has 82 valence electrons. The minimum Gasteiger partial charge on any atom is -0.477 e. The fourth-order valence-corrected chi connectivity index (χ4v) is 2.21. The van der Waals surface area contributed by atoms with Gasteiger partial charge in [0.05, 0.1) is 11.2 Å². The third-order valence-electron chi connectivity index (χ3n) is 2.33. The normalized spacial score (nSPS) is 10.2. The van der Waals surface area contributed by atoms with Crippen LogP contribution >= 0.6 is 11.3 Å². The van der Waals surface area contributed by atoms with Crippen LogP contribution in [-0.4, -0.2) is 16.1 Å². The largest absolute Gasteiger partial charge is 0.477 e. The van der Waals surface area contributed by atoms with E-state index in [1.54, 1.807) is 5.51 Å². The summed E-state index contributed by atoms with van der Waals surface area (Å²) in [5.74, 6) is -0.884. The Morgan fingerprint density at radius 3 is 2.69 bits per heavy atom. The minimum atomic E-state index is -0.884. The van der Waals surface area contributed by atoms with Crippen LogP contribution in [0.2, 0.25) is 0 Å². The second-order valence-corrected chi connectivity index (χ2v) is 4.27. The second-order valence-electron chi connectivity index (χ2n) is 3.42. The number of rotatable bonds is 4. The lowest BCUT2D eigenvalue weighted by molar-refractivity contribution is 0.0700. The van der Waals surface area contributed by atoms with Crippen LogP contribution in [0.25, 0.3) is 0 Å². The van der Waals surface area contributed by atoms with Gasteiger partial charge in [-0.25, -0.2) is 9.78 Å². The first kappa shape index (κ1) is 10.8. The Kier molecular flexibility index (Phi) is 3.31. The van der Waals surface area contributed by atoms with Crippen LogP contribution in [0.15, 0.2) is 35.8 Å². The zero-order valence-electron chi connectivity index (χ0n) is 8.59. The highest BCUT2D eigenvalue weighted by Gasteiger charge is 2.12. The summed E-state index contributed by atoms with van der Waals surface area (Å²) in [4.78, 5) is 15.3. The maximum absolute atomic E-state index is 10.9. The van der Waals surface area contributed by atoms with Crippen molar-refractivity contribution in [2.45, 2.75) is 12.8 Å². The van der Waals surface area contributed by atoms with Crippen molar-refractivity contribution in [1.82, 2.24) is 4.98 Å². The first-order chi connectivity index (χ1) is 7.77. The van der Waals surface area contributed by atoms with Gasteiger partial charge < -0.3 is 5.11 Å². The number of carboxylic acid groups (broad SMARTS) is 1. The predicted molar refractivity (Wildman–Crippen MR) is 62.9 cm³/mol. The van der Waals surface area contributed by atoms with Gasteiger partial charge in [0.1, 0.15) is 4.88 Å². The molecule has 4 heteroatoms. The number of carbonyl (C=O) groups is 1. The first-order valence-corrected chi connectivity index (χ1v) is 5.85. The summed E-state index contributed by atoms with van der Waals surface area (Å²) in [7, 11) is 0. The number of aryl methyl sites for hydroxylation is 2. The zero-order chi connectivity index (χ0) is 11.4. The Morgan fingerprint density at radius 1 is 1.25 bits per heavy atom. The van der Waals surface area contributed by atoms with Crippen molar-refractivity contribution in [2.24, 2.45) is 0 Å². The van der Waals surface area contributed by atoms with E-state index in [2.05, 4.69) is 4.98 Å². The van der Waals surface area contributed by atoms with Gasteiger partial charge in [-0.2, -0.15) is 0 Å². The van der Waals surface area contributed by atoms with Crippen molar-refractivity contribution in [1.29, 1.82) is 0 Å². The van der Waals surface area contributed by atoms with Crippen molar-refractivity contribution < 1.29 is 9.90 Å². The molecule has 2 aromatic rings. The molecule has 3 nitrogen and oxygen atoms in total. The van der Waals surface area contributed by atoms with Crippen molar-refractivity contribution in [2.75, 3.05) is 0 Å². The first-order valence-electron chi connectivity index (χ1n) is 4.97. The van der Waals surface area contributed by atoms with Crippen molar-refractivity contribution in [3.05, 3.63) is 52.0 Å². The molecule has 1 N–H and O–H groups in total. The van der Waals surface area contributed by atoms with E-state index in [-0.39, 0.29) is 0 Å². The molecule has 0 radical (unpaired) electrons. The number of aromatic nitrogens is 1. The molecule has 0 atom stereocenters. The molecule has 0 amide bonds. The van der Waals surface area contributed by atoms with Gasteiger partial charge in [-0.05, 0) is 18.4 Å². The molecule has 0 aliphatic heterocycles. The van der Waals surface area contributed by atoms with Gasteiger partial charge in [0, 0.05) is 0 Å². The van der Waals surface area contributed by atoms with Gasteiger partial charge in [-0.1, -0.05) is 30.3 Å². The quantitative estimate of drug-likeness (QED) is 0.883. The third-order valence-corrected chi connectivity index (χ3v) is 3.19. The summed E-state index contributed by atoms with van der Waals surface area (Å²) < 4.78 is 0. The number of carboxylic acids is 1. The van der Waals surface area contributed by atoms with Crippen LogP contribution in [0.3, 0.4) is 0 Å². The number of thiazole rings is 1. The molecule has 0 aliphatic carbocycles. The number of hydrogen-bond donors (Lipinski definition) is 1. The van der Waals surface area contributed by atoms with Crippen LogP contribution in [0.1, 0.15) is 20.9 Å². The Bertz CT molecular complexity index is 479. The van der Waals surface area contributed by atoms with E-state index in [1.165, 1.54) is 16.9 Å². The molecule has 1 aromatic heterocycles.